The van der Waals surface area contributed by atoms with Gasteiger partial charge in [0.25, 0.3) is 11.5 Å². The minimum atomic E-state index is -0.503. The SMILES string of the molecule is COC1CCN(C(=O)c2cnc3c(c2)c(=O)[nH]c(=O)n3C2CC2)CC1. The van der Waals surface area contributed by atoms with E-state index in [2.05, 4.69) is 9.97 Å². The predicted octanol–water partition coefficient (Wildman–Crippen LogP) is 0.671. The Kier molecular flexibility index (Phi) is 3.91. The molecule has 2 fully saturated rings. The molecule has 1 N–H and O–H groups in total. The molecule has 3 heterocycles. The van der Waals surface area contributed by atoms with E-state index in [0.717, 1.165) is 25.7 Å². The quantitative estimate of drug-likeness (QED) is 0.883. The molecule has 1 aliphatic heterocycles. The molecule has 1 aliphatic carbocycles. The highest BCUT2D eigenvalue weighted by atomic mass is 16.5. The Morgan fingerprint density at radius 1 is 1.24 bits per heavy atom. The van der Waals surface area contributed by atoms with E-state index in [4.69, 9.17) is 4.74 Å². The van der Waals surface area contributed by atoms with Crippen LogP contribution < -0.4 is 11.2 Å². The summed E-state index contributed by atoms with van der Waals surface area (Å²) in [7, 11) is 1.68. The number of aromatic amines is 1. The van der Waals surface area contributed by atoms with Crippen molar-refractivity contribution in [3.63, 3.8) is 0 Å². The molecule has 1 amide bonds. The van der Waals surface area contributed by atoms with Crippen molar-refractivity contribution in [1.82, 2.24) is 19.4 Å². The Morgan fingerprint density at radius 3 is 2.60 bits per heavy atom. The van der Waals surface area contributed by atoms with E-state index < -0.39 is 11.2 Å². The molecule has 0 bridgehead atoms. The van der Waals surface area contributed by atoms with Gasteiger partial charge in [0.1, 0.15) is 5.65 Å². The number of fused-ring (bicyclic) bond motifs is 1. The third-order valence-electron chi connectivity index (χ3n) is 5.00. The smallest absolute Gasteiger partial charge is 0.330 e. The second-order valence-corrected chi connectivity index (χ2v) is 6.68. The van der Waals surface area contributed by atoms with Gasteiger partial charge in [-0.05, 0) is 31.7 Å². The molecule has 8 nitrogen and oxygen atoms in total. The Bertz CT molecular complexity index is 936. The van der Waals surface area contributed by atoms with Gasteiger partial charge in [0.15, 0.2) is 0 Å². The standard InChI is InChI=1S/C17H20N4O4/c1-25-12-4-6-20(7-5-12)16(23)10-8-13-14(18-9-10)21(11-2-3-11)17(24)19-15(13)22/h8-9,11-12H,2-7H2,1H3,(H,19,22,24). The first-order valence-corrected chi connectivity index (χ1v) is 8.55. The van der Waals surface area contributed by atoms with Crippen molar-refractivity contribution in [3.8, 4) is 0 Å². The molecule has 132 valence electrons. The molecule has 4 rings (SSSR count). The summed E-state index contributed by atoms with van der Waals surface area (Å²) in [6.45, 7) is 1.24. The lowest BCUT2D eigenvalue weighted by atomic mass is 10.1. The number of aromatic nitrogens is 3. The highest BCUT2D eigenvalue weighted by Gasteiger charge is 2.28. The minimum Gasteiger partial charge on any atom is -0.381 e. The number of ether oxygens (including phenoxy) is 1. The second kappa shape index (κ2) is 6.11. The Balaban J connectivity index is 1.69. The number of carbonyl (C=O) groups excluding carboxylic acids is 1. The molecule has 8 heteroatoms. The van der Waals surface area contributed by atoms with Gasteiger partial charge in [0.05, 0.1) is 17.1 Å². The zero-order chi connectivity index (χ0) is 17.6. The van der Waals surface area contributed by atoms with Crippen molar-refractivity contribution in [2.45, 2.75) is 37.8 Å². The average molecular weight is 344 g/mol. The Morgan fingerprint density at radius 2 is 1.96 bits per heavy atom. The van der Waals surface area contributed by atoms with Crippen LogP contribution in [0.1, 0.15) is 42.1 Å². The van der Waals surface area contributed by atoms with Gasteiger partial charge in [0, 0.05) is 32.4 Å². The maximum atomic E-state index is 12.7. The fourth-order valence-electron chi connectivity index (χ4n) is 3.40. The summed E-state index contributed by atoms with van der Waals surface area (Å²) >= 11 is 0. The third kappa shape index (κ3) is 2.86. The van der Waals surface area contributed by atoms with Crippen molar-refractivity contribution in [3.05, 3.63) is 38.7 Å². The van der Waals surface area contributed by atoms with Crippen LogP contribution in [0.4, 0.5) is 0 Å². The summed E-state index contributed by atoms with van der Waals surface area (Å²) in [5, 5.41) is 0.282. The van der Waals surface area contributed by atoms with Gasteiger partial charge in [-0.3, -0.25) is 19.1 Å². The fraction of sp³-hybridized carbons (Fsp3) is 0.529. The number of likely N-dealkylation sites (tertiary alicyclic amines) is 1. The van der Waals surface area contributed by atoms with E-state index >= 15 is 0 Å². The first kappa shape index (κ1) is 16.0. The van der Waals surface area contributed by atoms with Crippen LogP contribution in [0.2, 0.25) is 0 Å². The summed E-state index contributed by atoms with van der Waals surface area (Å²) in [5.74, 6) is -0.146. The number of hydrogen-bond donors (Lipinski definition) is 1. The number of H-pyrrole nitrogens is 1. The van der Waals surface area contributed by atoms with Gasteiger partial charge in [-0.2, -0.15) is 0 Å². The minimum absolute atomic E-state index is 0.0916. The van der Waals surface area contributed by atoms with Gasteiger partial charge >= 0.3 is 5.69 Å². The number of methoxy groups -OCH3 is 1. The molecular weight excluding hydrogens is 324 g/mol. The number of piperidine rings is 1. The van der Waals surface area contributed by atoms with E-state index in [0.29, 0.717) is 24.3 Å². The molecule has 1 saturated carbocycles. The van der Waals surface area contributed by atoms with Crippen LogP contribution in [0.15, 0.2) is 21.9 Å². The molecule has 0 spiro atoms. The summed E-state index contributed by atoms with van der Waals surface area (Å²) in [6.07, 6.45) is 5.05. The maximum absolute atomic E-state index is 12.7. The van der Waals surface area contributed by atoms with Crippen LogP contribution in [0.25, 0.3) is 11.0 Å². The molecular formula is C17H20N4O4. The molecule has 1 saturated heterocycles. The van der Waals surface area contributed by atoms with Gasteiger partial charge < -0.3 is 9.64 Å². The van der Waals surface area contributed by atoms with E-state index in [9.17, 15) is 14.4 Å². The van der Waals surface area contributed by atoms with Crippen LogP contribution >= 0.6 is 0 Å². The number of amides is 1. The van der Waals surface area contributed by atoms with Crippen molar-refractivity contribution in [2.24, 2.45) is 0 Å². The number of carbonyl (C=O) groups is 1. The Labute approximate surface area is 143 Å². The number of nitrogens with one attached hydrogen (secondary N) is 1. The maximum Gasteiger partial charge on any atom is 0.330 e. The first-order chi connectivity index (χ1) is 12.1. The molecule has 0 atom stereocenters. The van der Waals surface area contributed by atoms with Crippen LogP contribution in [-0.4, -0.2) is 51.6 Å². The topological polar surface area (TPSA) is 97.3 Å². The third-order valence-corrected chi connectivity index (χ3v) is 5.00. The Hall–Kier alpha value is -2.48. The van der Waals surface area contributed by atoms with Gasteiger partial charge in [-0.1, -0.05) is 0 Å². The van der Waals surface area contributed by atoms with Crippen molar-refractivity contribution in [1.29, 1.82) is 0 Å². The summed E-state index contributed by atoms with van der Waals surface area (Å²) in [6, 6.07) is 1.64. The fourth-order valence-corrected chi connectivity index (χ4v) is 3.40. The van der Waals surface area contributed by atoms with Crippen molar-refractivity contribution in [2.75, 3.05) is 20.2 Å². The van der Waals surface area contributed by atoms with E-state index in [1.807, 2.05) is 0 Å². The van der Waals surface area contributed by atoms with Crippen LogP contribution in [0.3, 0.4) is 0 Å². The molecule has 0 aromatic carbocycles. The van der Waals surface area contributed by atoms with Gasteiger partial charge in [-0.15, -0.1) is 0 Å². The molecule has 2 aromatic rings. The molecule has 0 radical (unpaired) electrons. The van der Waals surface area contributed by atoms with E-state index in [-0.39, 0.29) is 23.4 Å². The largest absolute Gasteiger partial charge is 0.381 e. The van der Waals surface area contributed by atoms with Crippen LogP contribution in [-0.2, 0) is 4.74 Å². The summed E-state index contributed by atoms with van der Waals surface area (Å²) in [4.78, 5) is 45.3. The summed E-state index contributed by atoms with van der Waals surface area (Å²) < 4.78 is 6.85. The first-order valence-electron chi connectivity index (χ1n) is 8.55. The van der Waals surface area contributed by atoms with Crippen LogP contribution in [0, 0.1) is 0 Å². The second-order valence-electron chi connectivity index (χ2n) is 6.68. The highest BCUT2D eigenvalue weighted by molar-refractivity contribution is 5.96. The number of hydrogen-bond acceptors (Lipinski definition) is 5. The molecule has 25 heavy (non-hydrogen) atoms. The van der Waals surface area contributed by atoms with Gasteiger partial charge in [-0.25, -0.2) is 9.78 Å². The molecule has 0 unspecified atom stereocenters. The number of nitrogens with zero attached hydrogens (tertiary/aromatic N) is 3. The average Bonchev–Trinajstić information content (AvgIpc) is 3.46. The van der Waals surface area contributed by atoms with E-state index in [1.165, 1.54) is 10.8 Å². The predicted molar refractivity (Wildman–Crippen MR) is 90.8 cm³/mol. The zero-order valence-corrected chi connectivity index (χ0v) is 14.0. The highest BCUT2D eigenvalue weighted by Crippen LogP contribution is 2.34. The summed E-state index contributed by atoms with van der Waals surface area (Å²) in [5.41, 5.74) is -0.217. The van der Waals surface area contributed by atoms with Crippen LogP contribution in [0.5, 0.6) is 0 Å². The lowest BCUT2D eigenvalue weighted by molar-refractivity contribution is 0.0350. The lowest BCUT2D eigenvalue weighted by Gasteiger charge is -2.31. The monoisotopic (exact) mass is 344 g/mol. The lowest BCUT2D eigenvalue weighted by Crippen LogP contribution is -2.40. The number of rotatable bonds is 3. The van der Waals surface area contributed by atoms with E-state index in [1.54, 1.807) is 18.1 Å². The molecule has 2 aliphatic rings. The zero-order valence-electron chi connectivity index (χ0n) is 14.0. The van der Waals surface area contributed by atoms with Crippen molar-refractivity contribution >= 4 is 16.9 Å². The normalized spacial score (nSPS) is 18.7. The van der Waals surface area contributed by atoms with Crippen molar-refractivity contribution < 1.29 is 9.53 Å². The van der Waals surface area contributed by atoms with Gasteiger partial charge in [0.2, 0.25) is 0 Å². The number of pyridine rings is 1. The molecule has 2 aromatic heterocycles.